The zero-order valence-corrected chi connectivity index (χ0v) is 13.0. The normalized spacial score (nSPS) is 16.7. The van der Waals surface area contributed by atoms with Gasteiger partial charge >= 0.3 is 0 Å². The average molecular weight is 317 g/mol. The minimum Gasteiger partial charge on any atom is -0.493 e. The van der Waals surface area contributed by atoms with Gasteiger partial charge in [0.25, 0.3) is 0 Å². The number of benzene rings is 1. The van der Waals surface area contributed by atoms with E-state index in [2.05, 4.69) is 4.72 Å². The summed E-state index contributed by atoms with van der Waals surface area (Å²) < 4.78 is 51.3. The van der Waals surface area contributed by atoms with Crippen molar-refractivity contribution in [1.29, 1.82) is 0 Å². The molecule has 2 rings (SSSR count). The van der Waals surface area contributed by atoms with Crippen molar-refractivity contribution in [3.05, 3.63) is 17.9 Å². The van der Waals surface area contributed by atoms with Crippen molar-refractivity contribution in [2.45, 2.75) is 43.0 Å². The molecule has 0 radical (unpaired) electrons. The maximum absolute atomic E-state index is 14.0. The van der Waals surface area contributed by atoms with Crippen LogP contribution in [-0.4, -0.2) is 28.7 Å². The third-order valence-corrected chi connectivity index (χ3v) is 5.19. The predicted octanol–water partition coefficient (Wildman–Crippen LogP) is 2.45. The largest absolute Gasteiger partial charge is 0.493 e. The van der Waals surface area contributed by atoms with E-state index < -0.39 is 20.7 Å². The van der Waals surface area contributed by atoms with Crippen LogP contribution in [0.25, 0.3) is 0 Å². The number of hydrogen-bond acceptors (Lipinski definition) is 4. The fourth-order valence-electron chi connectivity index (χ4n) is 2.54. The minimum absolute atomic E-state index is 0.128. The number of methoxy groups -OCH3 is 2. The Morgan fingerprint density at radius 1 is 1.10 bits per heavy atom. The molecule has 0 heterocycles. The van der Waals surface area contributed by atoms with Crippen LogP contribution in [0.2, 0.25) is 0 Å². The quantitative estimate of drug-likeness (QED) is 0.906. The van der Waals surface area contributed by atoms with Crippen LogP contribution in [0.3, 0.4) is 0 Å². The highest BCUT2D eigenvalue weighted by Gasteiger charge is 2.26. The molecule has 1 aliphatic rings. The zero-order chi connectivity index (χ0) is 15.5. The summed E-state index contributed by atoms with van der Waals surface area (Å²) in [6.07, 6.45) is 4.66. The number of ether oxygens (including phenoxy) is 2. The average Bonchev–Trinajstić information content (AvgIpc) is 2.47. The van der Waals surface area contributed by atoms with Gasteiger partial charge in [0.2, 0.25) is 10.0 Å². The Morgan fingerprint density at radius 2 is 1.67 bits per heavy atom. The highest BCUT2D eigenvalue weighted by Crippen LogP contribution is 2.32. The summed E-state index contributed by atoms with van der Waals surface area (Å²) in [5.74, 6) is -0.509. The van der Waals surface area contributed by atoms with E-state index in [0.29, 0.717) is 0 Å². The Kier molecular flexibility index (Phi) is 5.05. The van der Waals surface area contributed by atoms with Crippen LogP contribution in [-0.2, 0) is 10.0 Å². The Labute approximate surface area is 124 Å². The SMILES string of the molecule is COc1cc(F)c(S(=O)(=O)NC2CCCCC2)cc1OC. The van der Waals surface area contributed by atoms with E-state index in [9.17, 15) is 12.8 Å². The molecule has 1 aromatic rings. The van der Waals surface area contributed by atoms with Crippen molar-refractivity contribution in [1.82, 2.24) is 4.72 Å². The molecule has 0 atom stereocenters. The van der Waals surface area contributed by atoms with Crippen LogP contribution < -0.4 is 14.2 Å². The van der Waals surface area contributed by atoms with Crippen molar-refractivity contribution in [3.63, 3.8) is 0 Å². The van der Waals surface area contributed by atoms with E-state index >= 15 is 0 Å². The van der Waals surface area contributed by atoms with Crippen molar-refractivity contribution in [3.8, 4) is 11.5 Å². The van der Waals surface area contributed by atoms with Gasteiger partial charge in [-0.25, -0.2) is 17.5 Å². The second kappa shape index (κ2) is 6.62. The maximum atomic E-state index is 14.0. The molecule has 0 unspecified atom stereocenters. The first-order valence-corrected chi connectivity index (χ1v) is 8.40. The standard InChI is InChI=1S/C14H20FNO4S/c1-19-12-8-11(15)14(9-13(12)20-2)21(17,18)16-10-6-4-3-5-7-10/h8-10,16H,3-7H2,1-2H3. The molecule has 1 fully saturated rings. The first kappa shape index (κ1) is 16.0. The summed E-state index contributed by atoms with van der Waals surface area (Å²) in [6.45, 7) is 0. The second-order valence-electron chi connectivity index (χ2n) is 5.09. The van der Waals surface area contributed by atoms with E-state index in [0.717, 1.165) is 44.2 Å². The molecule has 0 amide bonds. The number of nitrogens with one attached hydrogen (secondary N) is 1. The molecule has 1 aliphatic carbocycles. The lowest BCUT2D eigenvalue weighted by Gasteiger charge is -2.23. The molecule has 0 bridgehead atoms. The van der Waals surface area contributed by atoms with Gasteiger partial charge in [0.15, 0.2) is 11.5 Å². The fourth-order valence-corrected chi connectivity index (χ4v) is 3.92. The molecule has 1 aromatic carbocycles. The van der Waals surface area contributed by atoms with E-state index in [1.165, 1.54) is 14.2 Å². The first-order valence-electron chi connectivity index (χ1n) is 6.92. The highest BCUT2D eigenvalue weighted by atomic mass is 32.2. The van der Waals surface area contributed by atoms with Crippen LogP contribution in [0.15, 0.2) is 17.0 Å². The van der Waals surface area contributed by atoms with E-state index in [-0.39, 0.29) is 17.5 Å². The van der Waals surface area contributed by atoms with Gasteiger partial charge in [-0.05, 0) is 12.8 Å². The summed E-state index contributed by atoms with van der Waals surface area (Å²) in [6, 6.07) is 2.05. The van der Waals surface area contributed by atoms with Crippen molar-refractivity contribution >= 4 is 10.0 Å². The lowest BCUT2D eigenvalue weighted by atomic mass is 9.96. The highest BCUT2D eigenvalue weighted by molar-refractivity contribution is 7.89. The van der Waals surface area contributed by atoms with Gasteiger partial charge in [0, 0.05) is 18.2 Å². The first-order chi connectivity index (χ1) is 9.97. The van der Waals surface area contributed by atoms with Crippen LogP contribution in [0, 0.1) is 5.82 Å². The Bertz CT molecular complexity index is 597. The molecule has 0 aliphatic heterocycles. The van der Waals surface area contributed by atoms with E-state index in [4.69, 9.17) is 9.47 Å². The summed E-state index contributed by atoms with van der Waals surface area (Å²) in [7, 11) is -1.17. The molecule has 1 saturated carbocycles. The predicted molar refractivity (Wildman–Crippen MR) is 76.7 cm³/mol. The number of sulfonamides is 1. The summed E-state index contributed by atoms with van der Waals surface area (Å²) in [5, 5.41) is 0. The van der Waals surface area contributed by atoms with Crippen LogP contribution >= 0.6 is 0 Å². The fraction of sp³-hybridized carbons (Fsp3) is 0.571. The molecule has 7 heteroatoms. The molecular weight excluding hydrogens is 297 g/mol. The Morgan fingerprint density at radius 3 is 2.24 bits per heavy atom. The van der Waals surface area contributed by atoms with Gasteiger partial charge in [-0.15, -0.1) is 0 Å². The third-order valence-electron chi connectivity index (χ3n) is 3.65. The van der Waals surface area contributed by atoms with Gasteiger partial charge < -0.3 is 9.47 Å². The molecular formula is C14H20FNO4S. The van der Waals surface area contributed by atoms with Gasteiger partial charge in [-0.1, -0.05) is 19.3 Å². The summed E-state index contributed by atoms with van der Waals surface area (Å²) in [5.41, 5.74) is 0. The molecule has 1 N–H and O–H groups in total. The Hall–Kier alpha value is -1.34. The number of halogens is 1. The van der Waals surface area contributed by atoms with E-state index in [1.807, 2.05) is 0 Å². The van der Waals surface area contributed by atoms with Crippen LogP contribution in [0.5, 0.6) is 11.5 Å². The van der Waals surface area contributed by atoms with Crippen molar-refractivity contribution in [2.24, 2.45) is 0 Å². The third kappa shape index (κ3) is 3.65. The van der Waals surface area contributed by atoms with Crippen molar-refractivity contribution in [2.75, 3.05) is 14.2 Å². The second-order valence-corrected chi connectivity index (χ2v) is 6.78. The van der Waals surface area contributed by atoms with Gasteiger partial charge in [-0.2, -0.15) is 0 Å². The van der Waals surface area contributed by atoms with Gasteiger partial charge in [0.05, 0.1) is 14.2 Å². The van der Waals surface area contributed by atoms with Crippen LogP contribution in [0.4, 0.5) is 4.39 Å². The summed E-state index contributed by atoms with van der Waals surface area (Å²) in [4.78, 5) is -0.411. The summed E-state index contributed by atoms with van der Waals surface area (Å²) >= 11 is 0. The molecule has 21 heavy (non-hydrogen) atoms. The maximum Gasteiger partial charge on any atom is 0.243 e. The number of rotatable bonds is 5. The monoisotopic (exact) mass is 317 g/mol. The van der Waals surface area contributed by atoms with Gasteiger partial charge in [-0.3, -0.25) is 0 Å². The lowest BCUT2D eigenvalue weighted by Crippen LogP contribution is -2.36. The van der Waals surface area contributed by atoms with E-state index in [1.54, 1.807) is 0 Å². The smallest absolute Gasteiger partial charge is 0.243 e. The number of hydrogen-bond donors (Lipinski definition) is 1. The Balaban J connectivity index is 2.30. The molecule has 0 saturated heterocycles. The van der Waals surface area contributed by atoms with Gasteiger partial charge in [0.1, 0.15) is 10.7 Å². The topological polar surface area (TPSA) is 64.6 Å². The molecule has 5 nitrogen and oxygen atoms in total. The molecule has 0 aromatic heterocycles. The lowest BCUT2D eigenvalue weighted by molar-refractivity contribution is 0.350. The van der Waals surface area contributed by atoms with Crippen LogP contribution in [0.1, 0.15) is 32.1 Å². The molecule has 118 valence electrons. The zero-order valence-electron chi connectivity index (χ0n) is 12.2. The molecule has 0 spiro atoms. The minimum atomic E-state index is -3.91. The van der Waals surface area contributed by atoms with Crippen molar-refractivity contribution < 1.29 is 22.3 Å².